The minimum absolute atomic E-state index is 0.882. The number of halogens is 1. The number of rotatable bonds is 4. The largest absolute Gasteiger partial charge is 0.359 e. The predicted octanol–water partition coefficient (Wildman–Crippen LogP) is 3.13. The van der Waals surface area contributed by atoms with E-state index in [1.54, 1.807) is 0 Å². The first-order valence-electron chi connectivity index (χ1n) is 5.43. The molecule has 0 bridgehead atoms. The van der Waals surface area contributed by atoms with Crippen LogP contribution >= 0.6 is 15.9 Å². The van der Waals surface area contributed by atoms with E-state index in [0.717, 1.165) is 23.6 Å². The smallest absolute Gasteiger partial charge is 0.131 e. The molecule has 1 heterocycles. The van der Waals surface area contributed by atoms with Crippen LogP contribution in [0.2, 0.25) is 0 Å². The normalized spacial score (nSPS) is 15.4. The molecule has 1 aliphatic rings. The predicted molar refractivity (Wildman–Crippen MR) is 67.6 cm³/mol. The average molecular weight is 269 g/mol. The SMILES string of the molecule is Cc1cc(CBr)cnc1N(C)CC1CC1. The van der Waals surface area contributed by atoms with Crippen LogP contribution in [0.1, 0.15) is 24.0 Å². The van der Waals surface area contributed by atoms with Crippen molar-refractivity contribution in [2.45, 2.75) is 25.1 Å². The molecule has 0 saturated heterocycles. The second kappa shape index (κ2) is 4.52. The number of hydrogen-bond acceptors (Lipinski definition) is 2. The van der Waals surface area contributed by atoms with Crippen LogP contribution in [0.25, 0.3) is 0 Å². The van der Waals surface area contributed by atoms with Crippen LogP contribution in [-0.4, -0.2) is 18.6 Å². The monoisotopic (exact) mass is 268 g/mol. The molecule has 0 radical (unpaired) electrons. The third kappa shape index (κ3) is 2.71. The van der Waals surface area contributed by atoms with Crippen molar-refractivity contribution in [1.82, 2.24) is 4.98 Å². The van der Waals surface area contributed by atoms with Crippen molar-refractivity contribution in [3.8, 4) is 0 Å². The number of aromatic nitrogens is 1. The van der Waals surface area contributed by atoms with Gasteiger partial charge in [-0.1, -0.05) is 22.0 Å². The van der Waals surface area contributed by atoms with Gasteiger partial charge in [-0.05, 0) is 36.8 Å². The molecule has 2 nitrogen and oxygen atoms in total. The fraction of sp³-hybridized carbons (Fsp3) is 0.583. The van der Waals surface area contributed by atoms with Crippen LogP contribution in [0.5, 0.6) is 0 Å². The van der Waals surface area contributed by atoms with Crippen molar-refractivity contribution in [1.29, 1.82) is 0 Å². The summed E-state index contributed by atoms with van der Waals surface area (Å²) in [4.78, 5) is 6.81. The minimum Gasteiger partial charge on any atom is -0.359 e. The second-order valence-electron chi connectivity index (χ2n) is 4.44. The maximum atomic E-state index is 4.53. The van der Waals surface area contributed by atoms with Gasteiger partial charge in [-0.25, -0.2) is 4.98 Å². The van der Waals surface area contributed by atoms with Gasteiger partial charge in [0, 0.05) is 25.1 Å². The molecule has 0 amide bonds. The third-order valence-electron chi connectivity index (χ3n) is 2.85. The van der Waals surface area contributed by atoms with Gasteiger partial charge >= 0.3 is 0 Å². The lowest BCUT2D eigenvalue weighted by atomic mass is 10.2. The number of alkyl halides is 1. The molecular formula is C12H17BrN2. The van der Waals surface area contributed by atoms with Gasteiger partial charge < -0.3 is 4.90 Å². The van der Waals surface area contributed by atoms with Gasteiger partial charge in [0.2, 0.25) is 0 Å². The van der Waals surface area contributed by atoms with Crippen molar-refractivity contribution in [3.63, 3.8) is 0 Å². The van der Waals surface area contributed by atoms with E-state index in [1.807, 2.05) is 6.20 Å². The summed E-state index contributed by atoms with van der Waals surface area (Å²) in [5, 5.41) is 0.882. The Morgan fingerprint density at radius 2 is 2.27 bits per heavy atom. The first-order chi connectivity index (χ1) is 7.20. The number of aryl methyl sites for hydroxylation is 1. The third-order valence-corrected chi connectivity index (χ3v) is 3.50. The molecule has 1 aromatic rings. The highest BCUT2D eigenvalue weighted by molar-refractivity contribution is 9.08. The van der Waals surface area contributed by atoms with E-state index in [-0.39, 0.29) is 0 Å². The molecule has 0 aromatic carbocycles. The Morgan fingerprint density at radius 3 is 2.80 bits per heavy atom. The highest BCUT2D eigenvalue weighted by Gasteiger charge is 2.23. The first-order valence-corrected chi connectivity index (χ1v) is 6.55. The van der Waals surface area contributed by atoms with Crippen LogP contribution in [0.3, 0.4) is 0 Å². The molecule has 0 spiro atoms. The van der Waals surface area contributed by atoms with E-state index in [0.29, 0.717) is 0 Å². The second-order valence-corrected chi connectivity index (χ2v) is 5.00. The van der Waals surface area contributed by atoms with Gasteiger partial charge in [-0.3, -0.25) is 0 Å². The zero-order chi connectivity index (χ0) is 10.8. The van der Waals surface area contributed by atoms with Crippen molar-refractivity contribution >= 4 is 21.7 Å². The first kappa shape index (κ1) is 10.9. The Balaban J connectivity index is 2.11. The van der Waals surface area contributed by atoms with E-state index in [1.165, 1.54) is 24.0 Å². The fourth-order valence-corrected chi connectivity index (χ4v) is 2.18. The molecule has 0 N–H and O–H groups in total. The number of pyridine rings is 1. The van der Waals surface area contributed by atoms with E-state index in [9.17, 15) is 0 Å². The van der Waals surface area contributed by atoms with Crippen molar-refractivity contribution in [3.05, 3.63) is 23.4 Å². The Hall–Kier alpha value is -0.570. The highest BCUT2D eigenvalue weighted by Crippen LogP contribution is 2.31. The Morgan fingerprint density at radius 1 is 1.53 bits per heavy atom. The summed E-state index contributed by atoms with van der Waals surface area (Å²) >= 11 is 3.45. The average Bonchev–Trinajstić information content (AvgIpc) is 3.01. The number of nitrogens with zero attached hydrogens (tertiary/aromatic N) is 2. The summed E-state index contributed by atoms with van der Waals surface area (Å²) in [6.07, 6.45) is 4.74. The molecule has 2 rings (SSSR count). The fourth-order valence-electron chi connectivity index (χ4n) is 1.87. The standard InChI is InChI=1S/C12H17BrN2/c1-9-5-11(6-13)7-14-12(9)15(2)8-10-3-4-10/h5,7,10H,3-4,6,8H2,1-2H3. The van der Waals surface area contributed by atoms with Crippen molar-refractivity contribution < 1.29 is 0 Å². The highest BCUT2D eigenvalue weighted by atomic mass is 79.9. The zero-order valence-corrected chi connectivity index (χ0v) is 10.9. The molecule has 15 heavy (non-hydrogen) atoms. The summed E-state index contributed by atoms with van der Waals surface area (Å²) in [7, 11) is 2.14. The lowest BCUT2D eigenvalue weighted by molar-refractivity contribution is 0.774. The molecule has 0 unspecified atom stereocenters. The van der Waals surface area contributed by atoms with Gasteiger partial charge in [-0.15, -0.1) is 0 Å². The van der Waals surface area contributed by atoms with Crippen LogP contribution in [0.4, 0.5) is 5.82 Å². The summed E-state index contributed by atoms with van der Waals surface area (Å²) in [6, 6.07) is 2.21. The van der Waals surface area contributed by atoms with Crippen LogP contribution in [0.15, 0.2) is 12.3 Å². The van der Waals surface area contributed by atoms with Crippen LogP contribution < -0.4 is 4.90 Å². The summed E-state index contributed by atoms with van der Waals surface area (Å²) < 4.78 is 0. The van der Waals surface area contributed by atoms with Crippen molar-refractivity contribution in [2.24, 2.45) is 5.92 Å². The van der Waals surface area contributed by atoms with Crippen LogP contribution in [-0.2, 0) is 5.33 Å². The molecule has 1 aliphatic carbocycles. The molecule has 0 aliphatic heterocycles. The quantitative estimate of drug-likeness (QED) is 0.781. The summed E-state index contributed by atoms with van der Waals surface area (Å²) in [5.41, 5.74) is 2.52. The Bertz CT molecular complexity index is 347. The molecular weight excluding hydrogens is 252 g/mol. The maximum absolute atomic E-state index is 4.53. The van der Waals surface area contributed by atoms with Gasteiger partial charge in [0.05, 0.1) is 0 Å². The maximum Gasteiger partial charge on any atom is 0.131 e. The van der Waals surface area contributed by atoms with Crippen LogP contribution in [0, 0.1) is 12.8 Å². The van der Waals surface area contributed by atoms with E-state index < -0.39 is 0 Å². The summed E-state index contributed by atoms with van der Waals surface area (Å²) in [5.74, 6) is 2.04. The van der Waals surface area contributed by atoms with E-state index in [4.69, 9.17) is 0 Å². The molecule has 0 atom stereocenters. The minimum atomic E-state index is 0.882. The molecule has 1 saturated carbocycles. The Kier molecular flexibility index (Phi) is 3.29. The van der Waals surface area contributed by atoms with E-state index in [2.05, 4.69) is 45.9 Å². The number of anilines is 1. The van der Waals surface area contributed by atoms with Gasteiger partial charge in [0.1, 0.15) is 5.82 Å². The van der Waals surface area contributed by atoms with Gasteiger partial charge in [0.25, 0.3) is 0 Å². The van der Waals surface area contributed by atoms with Gasteiger partial charge in [0.15, 0.2) is 0 Å². The zero-order valence-electron chi connectivity index (χ0n) is 9.33. The molecule has 82 valence electrons. The number of hydrogen-bond donors (Lipinski definition) is 0. The lowest BCUT2D eigenvalue weighted by Gasteiger charge is -2.20. The molecule has 1 fully saturated rings. The summed E-state index contributed by atoms with van der Waals surface area (Å²) in [6.45, 7) is 3.29. The van der Waals surface area contributed by atoms with Gasteiger partial charge in [-0.2, -0.15) is 0 Å². The van der Waals surface area contributed by atoms with Crippen molar-refractivity contribution in [2.75, 3.05) is 18.5 Å². The molecule has 1 aromatic heterocycles. The van der Waals surface area contributed by atoms with E-state index >= 15 is 0 Å². The Labute approximate surface area is 99.8 Å². The molecule has 3 heteroatoms. The lowest BCUT2D eigenvalue weighted by Crippen LogP contribution is -2.22. The topological polar surface area (TPSA) is 16.1 Å².